The average molecular weight is 475 g/mol. The summed E-state index contributed by atoms with van der Waals surface area (Å²) in [6, 6.07) is 1.88. The van der Waals surface area contributed by atoms with Gasteiger partial charge in [0, 0.05) is 68.5 Å². The second-order valence-electron chi connectivity index (χ2n) is 13.5. The number of rotatable bonds is 7. The molecule has 6 atom stereocenters. The average Bonchev–Trinajstić information content (AvgIpc) is 3.66. The van der Waals surface area contributed by atoms with Crippen molar-refractivity contribution in [2.24, 2.45) is 5.92 Å². The molecule has 2 saturated carbocycles. The van der Waals surface area contributed by atoms with Gasteiger partial charge in [-0.3, -0.25) is 19.6 Å². The first-order valence-corrected chi connectivity index (χ1v) is 14.5. The van der Waals surface area contributed by atoms with Crippen LogP contribution >= 0.6 is 0 Å². The van der Waals surface area contributed by atoms with E-state index in [9.17, 15) is 0 Å². The van der Waals surface area contributed by atoms with Gasteiger partial charge in [-0.15, -0.1) is 0 Å². The van der Waals surface area contributed by atoms with Crippen LogP contribution in [0.25, 0.3) is 0 Å². The second-order valence-corrected chi connectivity index (χ2v) is 13.5. The van der Waals surface area contributed by atoms with Gasteiger partial charge < -0.3 is 9.47 Å². The van der Waals surface area contributed by atoms with Crippen LogP contribution in [-0.2, 0) is 9.47 Å². The highest BCUT2D eigenvalue weighted by Crippen LogP contribution is 2.53. The third kappa shape index (κ3) is 4.18. The predicted molar refractivity (Wildman–Crippen MR) is 136 cm³/mol. The van der Waals surface area contributed by atoms with Crippen LogP contribution in [0, 0.1) is 5.92 Å². The third-order valence-electron chi connectivity index (χ3n) is 11.0. The summed E-state index contributed by atoms with van der Waals surface area (Å²) in [5.41, 5.74) is 1.04. The second kappa shape index (κ2) is 8.66. The number of morpholine rings is 2. The number of hydrogen-bond acceptors (Lipinski definition) is 6. The van der Waals surface area contributed by atoms with E-state index in [4.69, 9.17) is 9.47 Å². The fourth-order valence-corrected chi connectivity index (χ4v) is 8.06. The van der Waals surface area contributed by atoms with E-state index in [0.717, 1.165) is 45.2 Å². The monoisotopic (exact) mass is 474 g/mol. The lowest BCUT2D eigenvalue weighted by atomic mass is 9.84. The first-order chi connectivity index (χ1) is 16.2. The minimum Gasteiger partial charge on any atom is -0.375 e. The van der Waals surface area contributed by atoms with Gasteiger partial charge in [0.1, 0.15) is 0 Å². The summed E-state index contributed by atoms with van der Waals surface area (Å²) in [5, 5.41) is 0. The van der Waals surface area contributed by atoms with E-state index in [1.54, 1.807) is 0 Å². The van der Waals surface area contributed by atoms with Crippen molar-refractivity contribution < 1.29 is 9.47 Å². The van der Waals surface area contributed by atoms with Gasteiger partial charge in [0.15, 0.2) is 0 Å². The molecule has 0 amide bonds. The maximum atomic E-state index is 6.49. The molecule has 0 aromatic rings. The summed E-state index contributed by atoms with van der Waals surface area (Å²) in [6.45, 7) is 18.7. The molecule has 6 nitrogen and oxygen atoms in total. The lowest BCUT2D eigenvalue weighted by molar-refractivity contribution is -0.106. The largest absolute Gasteiger partial charge is 0.375 e. The Balaban J connectivity index is 0.992. The van der Waals surface area contributed by atoms with E-state index in [1.165, 1.54) is 58.2 Å². The van der Waals surface area contributed by atoms with Gasteiger partial charge in [-0.2, -0.15) is 0 Å². The Morgan fingerprint density at radius 1 is 0.853 bits per heavy atom. The maximum absolute atomic E-state index is 6.49. The van der Waals surface area contributed by atoms with E-state index in [-0.39, 0.29) is 5.60 Å². The van der Waals surface area contributed by atoms with E-state index in [2.05, 4.69) is 54.3 Å². The van der Waals surface area contributed by atoms with Crippen LogP contribution in [0.1, 0.15) is 72.6 Å². The van der Waals surface area contributed by atoms with Crippen molar-refractivity contribution >= 4 is 0 Å². The van der Waals surface area contributed by atoms with Crippen molar-refractivity contribution in [1.82, 2.24) is 19.6 Å². The molecule has 0 aromatic heterocycles. The minimum absolute atomic E-state index is 0.140. The smallest absolute Gasteiger partial charge is 0.0842 e. The zero-order valence-electron chi connectivity index (χ0n) is 22.6. The summed E-state index contributed by atoms with van der Waals surface area (Å²) >= 11 is 0. The molecule has 6 fully saturated rings. The van der Waals surface area contributed by atoms with Gasteiger partial charge in [-0.05, 0) is 85.6 Å². The quantitative estimate of drug-likeness (QED) is 0.564. The standard InChI is InChI=1S/C28H50N4O2/c1-21(2)32-17-25(33-20-27(32)6-7-27)15-23(4)31-12-13-34-28(19-31)16-24(28)14-22(3)30-11-9-26(18-30)8-10-29(26)5/h21-25H,6-20H2,1-5H3. The highest BCUT2D eigenvalue weighted by Gasteiger charge is 2.59. The van der Waals surface area contributed by atoms with Crippen LogP contribution in [0.4, 0.5) is 0 Å². The lowest BCUT2D eigenvalue weighted by Crippen LogP contribution is -2.59. The Morgan fingerprint density at radius 3 is 2.24 bits per heavy atom. The van der Waals surface area contributed by atoms with Gasteiger partial charge in [0.05, 0.1) is 24.9 Å². The molecule has 0 radical (unpaired) electrons. The Labute approximate surface area is 208 Å². The summed E-state index contributed by atoms with van der Waals surface area (Å²) in [4.78, 5) is 10.9. The zero-order valence-corrected chi connectivity index (χ0v) is 22.6. The van der Waals surface area contributed by atoms with Crippen LogP contribution in [0.5, 0.6) is 0 Å². The lowest BCUT2D eigenvalue weighted by Gasteiger charge is -2.49. The van der Waals surface area contributed by atoms with Crippen LogP contribution in [-0.4, -0.2) is 120 Å². The van der Waals surface area contributed by atoms with Gasteiger partial charge in [0.2, 0.25) is 0 Å². The fourth-order valence-electron chi connectivity index (χ4n) is 8.06. The first kappa shape index (κ1) is 24.1. The number of nitrogens with zero attached hydrogens (tertiary/aromatic N) is 4. The van der Waals surface area contributed by atoms with Gasteiger partial charge in [-0.1, -0.05) is 0 Å². The Hall–Kier alpha value is -0.240. The van der Waals surface area contributed by atoms with E-state index in [0.29, 0.717) is 35.3 Å². The van der Waals surface area contributed by atoms with Gasteiger partial charge in [0.25, 0.3) is 0 Å². The minimum atomic E-state index is 0.140. The van der Waals surface area contributed by atoms with Crippen molar-refractivity contribution in [3.05, 3.63) is 0 Å². The van der Waals surface area contributed by atoms with Crippen molar-refractivity contribution in [2.75, 3.05) is 59.5 Å². The Morgan fingerprint density at radius 2 is 1.59 bits per heavy atom. The van der Waals surface area contributed by atoms with Crippen LogP contribution < -0.4 is 0 Å². The molecule has 0 aromatic carbocycles. The molecule has 4 aliphatic heterocycles. The molecule has 6 aliphatic rings. The van der Waals surface area contributed by atoms with E-state index in [1.807, 2.05) is 0 Å². The molecular weight excluding hydrogens is 424 g/mol. The van der Waals surface area contributed by atoms with Crippen molar-refractivity contribution in [3.8, 4) is 0 Å². The molecule has 4 heterocycles. The zero-order chi connectivity index (χ0) is 23.7. The number of ether oxygens (including phenoxy) is 2. The molecule has 0 N–H and O–H groups in total. The normalized spacial score (nSPS) is 42.5. The molecule has 194 valence electrons. The van der Waals surface area contributed by atoms with Crippen molar-refractivity contribution in [2.45, 2.75) is 114 Å². The third-order valence-corrected chi connectivity index (χ3v) is 11.0. The number of hydrogen-bond donors (Lipinski definition) is 0. The van der Waals surface area contributed by atoms with Crippen LogP contribution in [0.15, 0.2) is 0 Å². The van der Waals surface area contributed by atoms with E-state index >= 15 is 0 Å². The molecule has 0 bridgehead atoms. The Kier molecular flexibility index (Phi) is 6.15. The molecule has 6 rings (SSSR count). The molecule has 2 aliphatic carbocycles. The van der Waals surface area contributed by atoms with Crippen LogP contribution in [0.3, 0.4) is 0 Å². The highest BCUT2D eigenvalue weighted by atomic mass is 16.5. The summed E-state index contributed by atoms with van der Waals surface area (Å²) in [6.07, 6.45) is 9.52. The molecule has 3 spiro atoms. The summed E-state index contributed by atoms with van der Waals surface area (Å²) in [5.74, 6) is 0.741. The highest BCUT2D eigenvalue weighted by molar-refractivity contribution is 5.12. The van der Waals surface area contributed by atoms with Crippen molar-refractivity contribution in [1.29, 1.82) is 0 Å². The number of likely N-dealkylation sites (N-methyl/N-ethyl adjacent to an activating group) is 1. The topological polar surface area (TPSA) is 31.4 Å². The fraction of sp³-hybridized carbons (Fsp3) is 1.00. The van der Waals surface area contributed by atoms with Gasteiger partial charge in [-0.25, -0.2) is 0 Å². The van der Waals surface area contributed by atoms with Crippen molar-refractivity contribution in [3.63, 3.8) is 0 Å². The first-order valence-electron chi connectivity index (χ1n) is 14.5. The molecule has 6 unspecified atom stereocenters. The molecule has 34 heavy (non-hydrogen) atoms. The predicted octanol–water partition coefficient (Wildman–Crippen LogP) is 3.06. The SMILES string of the molecule is CC(CC1CN(C(C)C)C2(CC2)CO1)N1CCOC2(CC2CC(C)N2CCC3(CCN3C)C2)C1. The van der Waals surface area contributed by atoms with Crippen LogP contribution in [0.2, 0.25) is 0 Å². The number of likely N-dealkylation sites (tertiary alicyclic amines) is 2. The van der Waals surface area contributed by atoms with Gasteiger partial charge >= 0.3 is 0 Å². The molecule has 6 heteroatoms. The van der Waals surface area contributed by atoms with E-state index < -0.39 is 0 Å². The summed E-state index contributed by atoms with van der Waals surface area (Å²) in [7, 11) is 2.32. The summed E-state index contributed by atoms with van der Waals surface area (Å²) < 4.78 is 12.9. The maximum Gasteiger partial charge on any atom is 0.0842 e. The molecular formula is C28H50N4O2. The Bertz CT molecular complexity index is 759. The molecule has 4 saturated heterocycles.